The number of amides is 1. The van der Waals surface area contributed by atoms with Crippen LogP contribution in [0.25, 0.3) is 0 Å². The number of carbonyl (C=O) groups is 1. The zero-order valence-corrected chi connectivity index (χ0v) is 16.5. The Morgan fingerprint density at radius 1 is 1.15 bits per heavy atom. The zero-order valence-electron chi connectivity index (χ0n) is 15.7. The fourth-order valence-corrected chi connectivity index (χ4v) is 4.26. The first-order chi connectivity index (χ1) is 12.8. The van der Waals surface area contributed by atoms with Crippen LogP contribution in [0.5, 0.6) is 5.75 Å². The predicted molar refractivity (Wildman–Crippen MR) is 106 cm³/mol. The average Bonchev–Trinajstić information content (AvgIpc) is 2.61. The van der Waals surface area contributed by atoms with Crippen molar-refractivity contribution in [3.8, 4) is 5.75 Å². The van der Waals surface area contributed by atoms with E-state index in [1.807, 2.05) is 13.8 Å². The van der Waals surface area contributed by atoms with Crippen LogP contribution in [0, 0.1) is 0 Å². The molecule has 0 atom stereocenters. The van der Waals surface area contributed by atoms with Crippen molar-refractivity contribution in [2.45, 2.75) is 44.6 Å². The van der Waals surface area contributed by atoms with Crippen molar-refractivity contribution >= 4 is 27.3 Å². The van der Waals surface area contributed by atoms with E-state index in [2.05, 4.69) is 4.72 Å². The lowest BCUT2D eigenvalue weighted by Crippen LogP contribution is -2.33. The van der Waals surface area contributed by atoms with Gasteiger partial charge in [-0.2, -0.15) is 0 Å². The van der Waals surface area contributed by atoms with E-state index in [4.69, 9.17) is 4.74 Å². The number of nitrogens with zero attached hydrogens (tertiary/aromatic N) is 1. The summed E-state index contributed by atoms with van der Waals surface area (Å²) in [5.41, 5.74) is 2.14. The van der Waals surface area contributed by atoms with Crippen molar-refractivity contribution in [1.29, 1.82) is 0 Å². The number of rotatable bonds is 5. The summed E-state index contributed by atoms with van der Waals surface area (Å²) in [4.78, 5) is 13.6. The number of benzene rings is 2. The zero-order chi connectivity index (χ0) is 19.6. The molecule has 6 nitrogen and oxygen atoms in total. The Labute approximate surface area is 160 Å². The Hall–Kier alpha value is -2.54. The highest BCUT2D eigenvalue weighted by molar-refractivity contribution is 7.92. The summed E-state index contributed by atoms with van der Waals surface area (Å²) in [5.74, 6) is 0.652. The molecule has 0 saturated heterocycles. The molecule has 0 radical (unpaired) electrons. The molecule has 0 aliphatic carbocycles. The first kappa shape index (κ1) is 19.2. The second-order valence-corrected chi connectivity index (χ2v) is 8.54. The number of fused-ring (bicyclic) bond motifs is 1. The van der Waals surface area contributed by atoms with Crippen molar-refractivity contribution in [3.05, 3.63) is 48.0 Å². The van der Waals surface area contributed by atoms with Gasteiger partial charge in [0.15, 0.2) is 0 Å². The quantitative estimate of drug-likeness (QED) is 0.850. The highest BCUT2D eigenvalue weighted by Crippen LogP contribution is 2.30. The van der Waals surface area contributed by atoms with E-state index in [9.17, 15) is 13.2 Å². The SMILES string of the molecule is CC(=O)N1CCCc2cc(S(=O)(=O)Nc3ccc(OC(C)C)cc3)ccc21. The minimum Gasteiger partial charge on any atom is -0.491 e. The molecule has 1 amide bonds. The average molecular weight is 388 g/mol. The molecule has 0 spiro atoms. The lowest BCUT2D eigenvalue weighted by Gasteiger charge is -2.28. The summed E-state index contributed by atoms with van der Waals surface area (Å²) in [6.07, 6.45) is 1.63. The number of anilines is 2. The predicted octanol–water partition coefficient (Wildman–Crippen LogP) is 3.57. The monoisotopic (exact) mass is 388 g/mol. The van der Waals surface area contributed by atoms with Crippen LogP contribution >= 0.6 is 0 Å². The number of hydrogen-bond donors (Lipinski definition) is 1. The van der Waals surface area contributed by atoms with Gasteiger partial charge in [-0.3, -0.25) is 9.52 Å². The summed E-state index contributed by atoms with van der Waals surface area (Å²) < 4.78 is 33.6. The fraction of sp³-hybridized carbons (Fsp3) is 0.350. The third-order valence-electron chi connectivity index (χ3n) is 4.34. The van der Waals surface area contributed by atoms with E-state index in [0.717, 1.165) is 24.1 Å². The molecule has 0 fully saturated rings. The molecule has 2 aromatic carbocycles. The molecule has 0 aromatic heterocycles. The molecular formula is C20H24N2O4S. The number of aryl methyl sites for hydroxylation is 1. The molecular weight excluding hydrogens is 364 g/mol. The van der Waals surface area contributed by atoms with E-state index in [1.165, 1.54) is 6.92 Å². The van der Waals surface area contributed by atoms with Crippen molar-refractivity contribution in [3.63, 3.8) is 0 Å². The summed E-state index contributed by atoms with van der Waals surface area (Å²) in [7, 11) is -3.71. The van der Waals surface area contributed by atoms with Gasteiger partial charge in [-0.1, -0.05) is 0 Å². The lowest BCUT2D eigenvalue weighted by atomic mass is 10.0. The minimum atomic E-state index is -3.71. The van der Waals surface area contributed by atoms with Gasteiger partial charge in [0, 0.05) is 24.8 Å². The van der Waals surface area contributed by atoms with Crippen LogP contribution in [0.4, 0.5) is 11.4 Å². The molecule has 2 aromatic rings. The van der Waals surface area contributed by atoms with Crippen LogP contribution in [-0.2, 0) is 21.2 Å². The molecule has 1 N–H and O–H groups in total. The molecule has 1 aliphatic heterocycles. The lowest BCUT2D eigenvalue weighted by molar-refractivity contribution is -0.116. The molecule has 144 valence electrons. The molecule has 0 bridgehead atoms. The van der Waals surface area contributed by atoms with E-state index >= 15 is 0 Å². The highest BCUT2D eigenvalue weighted by atomic mass is 32.2. The van der Waals surface area contributed by atoms with E-state index < -0.39 is 10.0 Å². The van der Waals surface area contributed by atoms with Gasteiger partial charge >= 0.3 is 0 Å². The Balaban J connectivity index is 1.82. The maximum atomic E-state index is 12.7. The second-order valence-electron chi connectivity index (χ2n) is 6.86. The third kappa shape index (κ3) is 4.42. The standard InChI is InChI=1S/C20H24N2O4S/c1-14(2)26-18-8-6-17(7-9-18)21-27(24,25)19-10-11-20-16(13-19)5-4-12-22(20)15(3)23/h6-11,13-14,21H,4-5,12H2,1-3H3. The highest BCUT2D eigenvalue weighted by Gasteiger charge is 2.23. The smallest absolute Gasteiger partial charge is 0.261 e. The Bertz CT molecular complexity index is 937. The molecule has 0 unspecified atom stereocenters. The van der Waals surface area contributed by atoms with Gasteiger partial charge in [0.25, 0.3) is 10.0 Å². The van der Waals surface area contributed by atoms with Crippen molar-refractivity contribution in [2.75, 3.05) is 16.2 Å². The van der Waals surface area contributed by atoms with Gasteiger partial charge < -0.3 is 9.64 Å². The molecule has 1 aliphatic rings. The van der Waals surface area contributed by atoms with Crippen LogP contribution in [-0.4, -0.2) is 27.0 Å². The Kier molecular flexibility index (Phi) is 5.41. The van der Waals surface area contributed by atoms with Crippen LogP contribution in [0.1, 0.15) is 32.8 Å². The number of carbonyl (C=O) groups excluding carboxylic acids is 1. The summed E-state index contributed by atoms with van der Waals surface area (Å²) in [6, 6.07) is 11.7. The fourth-order valence-electron chi connectivity index (χ4n) is 3.16. The molecule has 7 heteroatoms. The second kappa shape index (κ2) is 7.60. The number of ether oxygens (including phenoxy) is 1. The summed E-state index contributed by atoms with van der Waals surface area (Å²) in [6.45, 7) is 6.05. The molecule has 0 saturated carbocycles. The van der Waals surface area contributed by atoms with Gasteiger partial charge in [0.05, 0.1) is 11.0 Å². The van der Waals surface area contributed by atoms with E-state index in [0.29, 0.717) is 18.0 Å². The van der Waals surface area contributed by atoms with Gasteiger partial charge in [0.1, 0.15) is 5.75 Å². The van der Waals surface area contributed by atoms with Gasteiger partial charge in [0.2, 0.25) is 5.91 Å². The van der Waals surface area contributed by atoms with Crippen LogP contribution in [0.15, 0.2) is 47.4 Å². The molecule has 3 rings (SSSR count). The van der Waals surface area contributed by atoms with Crippen LogP contribution in [0.2, 0.25) is 0 Å². The van der Waals surface area contributed by atoms with Crippen molar-refractivity contribution in [1.82, 2.24) is 0 Å². The first-order valence-electron chi connectivity index (χ1n) is 8.97. The van der Waals surface area contributed by atoms with Gasteiger partial charge in [-0.05, 0) is 74.7 Å². The number of nitrogens with one attached hydrogen (secondary N) is 1. The number of sulfonamides is 1. The topological polar surface area (TPSA) is 75.7 Å². The summed E-state index contributed by atoms with van der Waals surface area (Å²) in [5, 5.41) is 0. The van der Waals surface area contributed by atoms with Gasteiger partial charge in [-0.25, -0.2) is 8.42 Å². The van der Waals surface area contributed by atoms with E-state index in [1.54, 1.807) is 47.4 Å². The molecule has 1 heterocycles. The van der Waals surface area contributed by atoms with Gasteiger partial charge in [-0.15, -0.1) is 0 Å². The van der Waals surface area contributed by atoms with Crippen LogP contribution < -0.4 is 14.4 Å². The Morgan fingerprint density at radius 2 is 1.85 bits per heavy atom. The van der Waals surface area contributed by atoms with E-state index in [-0.39, 0.29) is 16.9 Å². The first-order valence-corrected chi connectivity index (χ1v) is 10.4. The minimum absolute atomic E-state index is 0.0339. The normalized spacial score (nSPS) is 14.0. The Morgan fingerprint density at radius 3 is 2.48 bits per heavy atom. The maximum absolute atomic E-state index is 12.7. The number of hydrogen-bond acceptors (Lipinski definition) is 4. The van der Waals surface area contributed by atoms with Crippen molar-refractivity contribution in [2.24, 2.45) is 0 Å². The third-order valence-corrected chi connectivity index (χ3v) is 5.72. The molecule has 27 heavy (non-hydrogen) atoms. The summed E-state index contributed by atoms with van der Waals surface area (Å²) >= 11 is 0. The van der Waals surface area contributed by atoms with Crippen molar-refractivity contribution < 1.29 is 17.9 Å². The maximum Gasteiger partial charge on any atom is 0.261 e. The van der Waals surface area contributed by atoms with Crippen LogP contribution in [0.3, 0.4) is 0 Å². The largest absolute Gasteiger partial charge is 0.491 e.